The Kier molecular flexibility index (Phi) is 7.45. The minimum Gasteiger partial charge on any atom is -0.366 e. The normalized spacial score (nSPS) is 19.1. The van der Waals surface area contributed by atoms with E-state index in [4.69, 9.17) is 0 Å². The highest BCUT2D eigenvalue weighted by Gasteiger charge is 2.27. The molecule has 2 N–H and O–H groups in total. The minimum atomic E-state index is -0.124. The molecule has 236 valence electrons. The van der Waals surface area contributed by atoms with Gasteiger partial charge in [0.25, 0.3) is 0 Å². The molecule has 0 radical (unpaired) electrons. The Morgan fingerprint density at radius 3 is 1.61 bits per heavy atom. The molecular formula is C47H38N2. The van der Waals surface area contributed by atoms with Gasteiger partial charge in [0.1, 0.15) is 6.17 Å². The predicted molar refractivity (Wildman–Crippen MR) is 208 cm³/mol. The second-order valence-electron chi connectivity index (χ2n) is 13.5. The molecule has 0 fully saturated rings. The summed E-state index contributed by atoms with van der Waals surface area (Å²) in [6.45, 7) is 2.29. The lowest BCUT2D eigenvalue weighted by Crippen LogP contribution is -2.44. The highest BCUT2D eigenvalue weighted by molar-refractivity contribution is 6.00. The van der Waals surface area contributed by atoms with Crippen molar-refractivity contribution >= 4 is 38.0 Å². The molecule has 7 aromatic rings. The van der Waals surface area contributed by atoms with Gasteiger partial charge in [0, 0.05) is 11.3 Å². The van der Waals surface area contributed by atoms with Crippen LogP contribution in [-0.2, 0) is 0 Å². The molecule has 3 atom stereocenters. The van der Waals surface area contributed by atoms with Gasteiger partial charge in [-0.2, -0.15) is 0 Å². The molecular weight excluding hydrogens is 593 g/mol. The van der Waals surface area contributed by atoms with Crippen molar-refractivity contribution in [2.45, 2.75) is 25.6 Å². The van der Waals surface area contributed by atoms with E-state index in [2.05, 4.69) is 187 Å². The summed E-state index contributed by atoms with van der Waals surface area (Å²) >= 11 is 0. The van der Waals surface area contributed by atoms with Gasteiger partial charge in [-0.3, -0.25) is 5.32 Å². The van der Waals surface area contributed by atoms with Gasteiger partial charge in [-0.1, -0.05) is 153 Å². The third-order valence-electron chi connectivity index (χ3n) is 10.3. The molecule has 2 nitrogen and oxygen atoms in total. The van der Waals surface area contributed by atoms with Gasteiger partial charge in [0.2, 0.25) is 0 Å². The molecule has 3 unspecified atom stereocenters. The van der Waals surface area contributed by atoms with Crippen LogP contribution < -0.4 is 10.6 Å². The Hall–Kier alpha value is -5.70. The van der Waals surface area contributed by atoms with Crippen molar-refractivity contribution < 1.29 is 0 Å². The molecule has 2 heteroatoms. The summed E-state index contributed by atoms with van der Waals surface area (Å²) in [7, 11) is 0. The number of rotatable bonds is 5. The highest BCUT2D eigenvalue weighted by Crippen LogP contribution is 2.38. The Morgan fingerprint density at radius 1 is 0.551 bits per heavy atom. The van der Waals surface area contributed by atoms with Crippen molar-refractivity contribution in [1.29, 1.82) is 0 Å². The van der Waals surface area contributed by atoms with Gasteiger partial charge in [-0.15, -0.1) is 0 Å². The maximum absolute atomic E-state index is 4.03. The summed E-state index contributed by atoms with van der Waals surface area (Å²) in [6, 6.07) is 53.3. The number of nitrogens with one attached hydrogen (secondary N) is 2. The average Bonchev–Trinajstić information content (AvgIpc) is 3.17. The second-order valence-corrected chi connectivity index (χ2v) is 13.5. The van der Waals surface area contributed by atoms with E-state index in [1.165, 1.54) is 71.3 Å². The van der Waals surface area contributed by atoms with E-state index in [0.717, 1.165) is 12.1 Å². The smallest absolute Gasteiger partial charge is 0.104 e. The lowest BCUT2D eigenvalue weighted by Gasteiger charge is -2.35. The Labute approximate surface area is 288 Å². The van der Waals surface area contributed by atoms with Gasteiger partial charge in [-0.25, -0.2) is 0 Å². The first kappa shape index (κ1) is 29.4. The molecule has 1 heterocycles. The van der Waals surface area contributed by atoms with Crippen LogP contribution in [0, 0.1) is 5.92 Å². The van der Waals surface area contributed by atoms with Crippen LogP contribution in [0.3, 0.4) is 0 Å². The average molecular weight is 631 g/mol. The van der Waals surface area contributed by atoms with E-state index in [-0.39, 0.29) is 12.2 Å². The molecule has 1 aliphatic carbocycles. The lowest BCUT2D eigenvalue weighted by molar-refractivity contribution is 0.462. The van der Waals surface area contributed by atoms with E-state index in [1.54, 1.807) is 0 Å². The monoisotopic (exact) mass is 630 g/mol. The van der Waals surface area contributed by atoms with Crippen LogP contribution in [0.25, 0.3) is 60.3 Å². The van der Waals surface area contributed by atoms with E-state index in [0.29, 0.717) is 5.92 Å². The van der Waals surface area contributed by atoms with Crippen LogP contribution in [0.1, 0.15) is 30.6 Å². The number of hydrogen-bond donors (Lipinski definition) is 2. The third-order valence-corrected chi connectivity index (χ3v) is 10.3. The maximum atomic E-state index is 4.03. The molecule has 0 saturated heterocycles. The van der Waals surface area contributed by atoms with Crippen molar-refractivity contribution in [1.82, 2.24) is 10.6 Å². The van der Waals surface area contributed by atoms with Crippen molar-refractivity contribution in [2.24, 2.45) is 5.92 Å². The maximum Gasteiger partial charge on any atom is 0.104 e. The number of hydrogen-bond acceptors (Lipinski definition) is 2. The summed E-state index contributed by atoms with van der Waals surface area (Å²) in [5.74, 6) is 0.559. The van der Waals surface area contributed by atoms with Crippen LogP contribution in [0.2, 0.25) is 0 Å². The fourth-order valence-corrected chi connectivity index (χ4v) is 7.70. The Balaban J connectivity index is 1.24. The molecule has 0 spiro atoms. The summed E-state index contributed by atoms with van der Waals surface area (Å²) in [6.07, 6.45) is 10.4. The molecule has 7 aromatic carbocycles. The van der Waals surface area contributed by atoms with E-state index in [1.807, 2.05) is 0 Å². The summed E-state index contributed by atoms with van der Waals surface area (Å²) in [4.78, 5) is 0. The van der Waals surface area contributed by atoms with E-state index < -0.39 is 0 Å². The van der Waals surface area contributed by atoms with Gasteiger partial charge in [0.05, 0.1) is 6.04 Å². The number of allylic oxidation sites excluding steroid dienone is 2. The van der Waals surface area contributed by atoms with E-state index >= 15 is 0 Å². The van der Waals surface area contributed by atoms with Crippen LogP contribution >= 0.6 is 0 Å². The van der Waals surface area contributed by atoms with Crippen molar-refractivity contribution in [3.8, 4) is 22.3 Å². The predicted octanol–water partition coefficient (Wildman–Crippen LogP) is 11.6. The standard InChI is InChI=1S/C47H38N2/c1-31-23-25-35(26-24-31)45-30-46(44-22-10-16-34-13-4-7-19-41(34)44)49-47(48-45)38-28-36(42-20-8-14-32-11-2-5-17-39(32)42)27-37(29-38)43-21-9-15-33-12-3-6-18-40(33)43/h2-23,25-31,45,47-49H,24H2,1H3. The van der Waals surface area contributed by atoms with Gasteiger partial charge in [0.15, 0.2) is 0 Å². The van der Waals surface area contributed by atoms with Crippen LogP contribution in [0.4, 0.5) is 0 Å². The van der Waals surface area contributed by atoms with Crippen LogP contribution in [-0.4, -0.2) is 6.04 Å². The lowest BCUT2D eigenvalue weighted by atomic mass is 9.89. The number of fused-ring (bicyclic) bond motifs is 3. The van der Waals surface area contributed by atoms with Crippen LogP contribution in [0.15, 0.2) is 175 Å². The SMILES string of the molecule is CC1C=CC(C2C=C(c3cccc4ccccc34)NC(c3cc(-c4cccc5ccccc45)cc(-c4cccc5ccccc45)c3)N2)=CC1. The van der Waals surface area contributed by atoms with Crippen molar-refractivity contribution in [3.63, 3.8) is 0 Å². The zero-order valence-electron chi connectivity index (χ0n) is 27.6. The van der Waals surface area contributed by atoms with Gasteiger partial charge >= 0.3 is 0 Å². The molecule has 0 saturated carbocycles. The summed E-state index contributed by atoms with van der Waals surface area (Å²) in [5.41, 5.74) is 9.81. The molecule has 0 aromatic heterocycles. The van der Waals surface area contributed by atoms with Crippen molar-refractivity contribution in [3.05, 3.63) is 187 Å². The summed E-state index contributed by atoms with van der Waals surface area (Å²) in [5, 5.41) is 15.5. The summed E-state index contributed by atoms with van der Waals surface area (Å²) < 4.78 is 0. The molecule has 9 rings (SSSR count). The van der Waals surface area contributed by atoms with Crippen molar-refractivity contribution in [2.75, 3.05) is 0 Å². The molecule has 1 aliphatic heterocycles. The van der Waals surface area contributed by atoms with Crippen LogP contribution in [0.5, 0.6) is 0 Å². The van der Waals surface area contributed by atoms with E-state index in [9.17, 15) is 0 Å². The Morgan fingerprint density at radius 2 is 1.06 bits per heavy atom. The quantitative estimate of drug-likeness (QED) is 0.198. The second kappa shape index (κ2) is 12.4. The fraction of sp³-hybridized carbons (Fsp3) is 0.106. The minimum absolute atomic E-state index is 0.0613. The molecule has 0 bridgehead atoms. The largest absolute Gasteiger partial charge is 0.366 e. The fourth-order valence-electron chi connectivity index (χ4n) is 7.70. The molecule has 0 amide bonds. The van der Waals surface area contributed by atoms with Gasteiger partial charge in [-0.05, 0) is 102 Å². The Bertz CT molecular complexity index is 2350. The highest BCUT2D eigenvalue weighted by atomic mass is 15.2. The zero-order valence-corrected chi connectivity index (χ0v) is 27.6. The zero-order chi connectivity index (χ0) is 32.7. The topological polar surface area (TPSA) is 24.1 Å². The molecule has 2 aliphatic rings. The van der Waals surface area contributed by atoms with Gasteiger partial charge < -0.3 is 5.32 Å². The first-order chi connectivity index (χ1) is 24.2. The molecule has 49 heavy (non-hydrogen) atoms. The first-order valence-corrected chi connectivity index (χ1v) is 17.4. The first-order valence-electron chi connectivity index (χ1n) is 17.4. The number of benzene rings is 7. The third kappa shape index (κ3) is 5.55.